The van der Waals surface area contributed by atoms with E-state index in [9.17, 15) is 18.6 Å². The van der Waals surface area contributed by atoms with Crippen molar-refractivity contribution in [1.82, 2.24) is 10.6 Å². The predicted molar refractivity (Wildman–Crippen MR) is 125 cm³/mol. The number of methoxy groups -OCH3 is 1. The molecule has 0 spiro atoms. The van der Waals surface area contributed by atoms with Gasteiger partial charge in [0.05, 0.1) is 17.9 Å². The van der Waals surface area contributed by atoms with E-state index in [-0.39, 0.29) is 24.7 Å². The lowest BCUT2D eigenvalue weighted by molar-refractivity contribution is -0.145. The first kappa shape index (κ1) is 26.1. The largest absolute Gasteiger partial charge is 0.467 e. The van der Waals surface area contributed by atoms with Crippen molar-refractivity contribution in [3.63, 3.8) is 0 Å². The minimum atomic E-state index is -1.34. The fraction of sp³-hybridized carbons (Fsp3) is 0.375. The van der Waals surface area contributed by atoms with Gasteiger partial charge in [-0.3, -0.25) is 9.00 Å². The highest BCUT2D eigenvalue weighted by Crippen LogP contribution is 2.10. The van der Waals surface area contributed by atoms with Gasteiger partial charge in [-0.05, 0) is 30.0 Å². The number of alkyl carbamates (subject to hydrolysis) is 1. The van der Waals surface area contributed by atoms with Crippen LogP contribution in [0.25, 0.3) is 0 Å². The number of nitrogens with one attached hydrogen (secondary N) is 2. The van der Waals surface area contributed by atoms with Crippen LogP contribution in [0.3, 0.4) is 0 Å². The Bertz CT molecular complexity index is 936. The molecule has 0 aliphatic carbocycles. The highest BCUT2D eigenvalue weighted by Gasteiger charge is 2.30. The zero-order valence-electron chi connectivity index (χ0n) is 19.0. The van der Waals surface area contributed by atoms with Gasteiger partial charge in [0, 0.05) is 10.6 Å². The lowest BCUT2D eigenvalue weighted by atomic mass is 10.0. The van der Waals surface area contributed by atoms with Crippen molar-refractivity contribution in [1.29, 1.82) is 0 Å². The second kappa shape index (κ2) is 13.4. The number of carbonyl (C=O) groups is 3. The SMILES string of the molecule is COC(=O)[C@@H](CC[S@@](=O)c1ccccc1)NC(=O)[C@@H](NC(=O)OCc1ccccc1)C(C)C. The molecule has 2 amide bonds. The van der Waals surface area contributed by atoms with E-state index in [1.54, 1.807) is 38.1 Å². The summed E-state index contributed by atoms with van der Waals surface area (Å²) in [7, 11) is -0.119. The van der Waals surface area contributed by atoms with E-state index >= 15 is 0 Å². The van der Waals surface area contributed by atoms with Crippen LogP contribution in [0.15, 0.2) is 65.6 Å². The van der Waals surface area contributed by atoms with E-state index in [0.29, 0.717) is 4.90 Å². The summed E-state index contributed by atoms with van der Waals surface area (Å²) in [6.07, 6.45) is -0.629. The monoisotopic (exact) mass is 474 g/mol. The topological polar surface area (TPSA) is 111 Å². The number of ether oxygens (including phenoxy) is 2. The zero-order chi connectivity index (χ0) is 24.2. The Kier molecular flexibility index (Phi) is 10.6. The van der Waals surface area contributed by atoms with E-state index in [1.165, 1.54) is 7.11 Å². The first-order valence-electron chi connectivity index (χ1n) is 10.6. The lowest BCUT2D eigenvalue weighted by Crippen LogP contribution is -2.54. The second-order valence-electron chi connectivity index (χ2n) is 7.66. The number of hydrogen-bond acceptors (Lipinski definition) is 6. The van der Waals surface area contributed by atoms with Crippen LogP contribution in [0, 0.1) is 5.92 Å². The number of carbonyl (C=O) groups excluding carboxylic acids is 3. The van der Waals surface area contributed by atoms with Crippen LogP contribution in [0.4, 0.5) is 4.79 Å². The molecule has 0 aliphatic rings. The fourth-order valence-corrected chi connectivity index (χ4v) is 4.14. The molecule has 0 fully saturated rings. The summed E-state index contributed by atoms with van der Waals surface area (Å²) in [6, 6.07) is 16.1. The summed E-state index contributed by atoms with van der Waals surface area (Å²) in [6.45, 7) is 3.59. The lowest BCUT2D eigenvalue weighted by Gasteiger charge is -2.24. The molecule has 3 atom stereocenters. The summed E-state index contributed by atoms with van der Waals surface area (Å²) >= 11 is 0. The average Bonchev–Trinajstić information content (AvgIpc) is 2.83. The van der Waals surface area contributed by atoms with Crippen LogP contribution >= 0.6 is 0 Å². The third-order valence-corrected chi connectivity index (χ3v) is 6.24. The number of amides is 2. The minimum Gasteiger partial charge on any atom is -0.467 e. The van der Waals surface area contributed by atoms with Crippen LogP contribution in [-0.4, -0.2) is 47.1 Å². The molecule has 0 aliphatic heterocycles. The molecule has 0 heterocycles. The Morgan fingerprint density at radius 1 is 0.939 bits per heavy atom. The van der Waals surface area contributed by atoms with E-state index < -0.39 is 40.9 Å². The number of benzene rings is 2. The maximum absolute atomic E-state index is 12.9. The summed E-state index contributed by atoms with van der Waals surface area (Å²) in [5.74, 6) is -1.32. The molecule has 2 aromatic rings. The minimum absolute atomic E-state index is 0.0647. The number of hydrogen-bond donors (Lipinski definition) is 2. The Hall–Kier alpha value is -3.20. The Balaban J connectivity index is 1.96. The van der Waals surface area contributed by atoms with Gasteiger partial charge in [0.1, 0.15) is 18.7 Å². The molecule has 0 unspecified atom stereocenters. The fourth-order valence-electron chi connectivity index (χ4n) is 2.99. The van der Waals surface area contributed by atoms with Crippen LogP contribution in [0.5, 0.6) is 0 Å². The molecule has 9 heteroatoms. The van der Waals surface area contributed by atoms with Crippen LogP contribution in [0.1, 0.15) is 25.8 Å². The van der Waals surface area contributed by atoms with Crippen molar-refractivity contribution in [2.45, 2.75) is 43.9 Å². The van der Waals surface area contributed by atoms with Gasteiger partial charge in [0.25, 0.3) is 0 Å². The van der Waals surface area contributed by atoms with Gasteiger partial charge in [-0.25, -0.2) is 9.59 Å². The molecule has 0 radical (unpaired) electrons. The van der Waals surface area contributed by atoms with Crippen LogP contribution < -0.4 is 10.6 Å². The highest BCUT2D eigenvalue weighted by atomic mass is 32.2. The second-order valence-corrected chi connectivity index (χ2v) is 9.23. The highest BCUT2D eigenvalue weighted by molar-refractivity contribution is 7.85. The standard InChI is InChI=1S/C24H30N2O6S/c1-17(2)21(26-24(29)32-16-18-10-6-4-7-11-18)22(27)25-20(23(28)31-3)14-15-33(30)19-12-8-5-9-13-19/h4-13,17,20-21H,14-16H2,1-3H3,(H,25,27)(H,26,29)/t20-,21+,33-/m1/s1. The molecule has 2 N–H and O–H groups in total. The van der Waals surface area contributed by atoms with E-state index in [4.69, 9.17) is 9.47 Å². The van der Waals surface area contributed by atoms with Gasteiger partial charge >= 0.3 is 12.1 Å². The first-order valence-corrected chi connectivity index (χ1v) is 11.9. The van der Waals surface area contributed by atoms with Gasteiger partial charge in [-0.2, -0.15) is 0 Å². The third-order valence-electron chi connectivity index (χ3n) is 4.84. The van der Waals surface area contributed by atoms with E-state index in [0.717, 1.165) is 5.56 Å². The molecule has 33 heavy (non-hydrogen) atoms. The van der Waals surface area contributed by atoms with Crippen molar-refractivity contribution in [2.75, 3.05) is 12.9 Å². The van der Waals surface area contributed by atoms with Crippen LogP contribution in [0.2, 0.25) is 0 Å². The molecular formula is C24H30N2O6S. The zero-order valence-corrected chi connectivity index (χ0v) is 19.8. The smallest absolute Gasteiger partial charge is 0.408 e. The molecule has 2 aromatic carbocycles. The van der Waals surface area contributed by atoms with Crippen molar-refractivity contribution in [3.05, 3.63) is 66.2 Å². The van der Waals surface area contributed by atoms with Crippen molar-refractivity contribution < 1.29 is 28.1 Å². The Morgan fingerprint density at radius 2 is 1.55 bits per heavy atom. The Labute approximate surface area is 196 Å². The van der Waals surface area contributed by atoms with Gasteiger partial charge in [-0.1, -0.05) is 62.4 Å². The molecule has 178 valence electrons. The van der Waals surface area contributed by atoms with Crippen molar-refractivity contribution >= 4 is 28.8 Å². The number of rotatable bonds is 11. The molecule has 0 aromatic heterocycles. The van der Waals surface area contributed by atoms with Gasteiger partial charge < -0.3 is 20.1 Å². The number of esters is 1. The van der Waals surface area contributed by atoms with Gasteiger partial charge in [0.15, 0.2) is 0 Å². The third kappa shape index (κ3) is 8.69. The quantitative estimate of drug-likeness (QED) is 0.485. The summed E-state index contributed by atoms with van der Waals surface area (Å²) < 4.78 is 22.5. The summed E-state index contributed by atoms with van der Waals surface area (Å²) in [5.41, 5.74) is 0.815. The molecule has 0 bridgehead atoms. The first-order chi connectivity index (χ1) is 15.8. The predicted octanol–water partition coefficient (Wildman–Crippen LogP) is 2.79. The van der Waals surface area contributed by atoms with Crippen molar-refractivity contribution in [2.24, 2.45) is 5.92 Å². The molecule has 2 rings (SSSR count). The van der Waals surface area contributed by atoms with Crippen LogP contribution in [-0.2, 0) is 36.5 Å². The van der Waals surface area contributed by atoms with Crippen molar-refractivity contribution in [3.8, 4) is 0 Å². The normalized spacial score (nSPS) is 13.5. The average molecular weight is 475 g/mol. The summed E-state index contributed by atoms with van der Waals surface area (Å²) in [4.78, 5) is 38.0. The van der Waals surface area contributed by atoms with E-state index in [1.807, 2.05) is 36.4 Å². The van der Waals surface area contributed by atoms with Gasteiger partial charge in [0.2, 0.25) is 5.91 Å². The Morgan fingerprint density at radius 3 is 2.12 bits per heavy atom. The molecule has 0 saturated heterocycles. The van der Waals surface area contributed by atoms with E-state index in [2.05, 4.69) is 10.6 Å². The molecular weight excluding hydrogens is 444 g/mol. The summed E-state index contributed by atoms with van der Waals surface area (Å²) in [5, 5.41) is 5.17. The molecule has 8 nitrogen and oxygen atoms in total. The van der Waals surface area contributed by atoms with Gasteiger partial charge in [-0.15, -0.1) is 0 Å². The molecule has 0 saturated carbocycles. The maximum atomic E-state index is 12.9. The maximum Gasteiger partial charge on any atom is 0.408 e.